The predicted molar refractivity (Wildman–Crippen MR) is 115 cm³/mol. The van der Waals surface area contributed by atoms with E-state index in [-0.39, 0.29) is 36.2 Å². The van der Waals surface area contributed by atoms with Gasteiger partial charge in [0.25, 0.3) is 5.91 Å². The summed E-state index contributed by atoms with van der Waals surface area (Å²) in [5, 5.41) is 13.8. The van der Waals surface area contributed by atoms with Gasteiger partial charge in [0, 0.05) is 25.2 Å². The first-order chi connectivity index (χ1) is 14.8. The number of aryl methyl sites for hydroxylation is 1. The van der Waals surface area contributed by atoms with Crippen molar-refractivity contribution >= 4 is 17.5 Å². The molecule has 2 aromatic rings. The van der Waals surface area contributed by atoms with Gasteiger partial charge in [-0.25, -0.2) is 0 Å². The lowest BCUT2D eigenvalue weighted by atomic mass is 10.1. The van der Waals surface area contributed by atoms with Gasteiger partial charge in [-0.15, -0.1) is 0 Å². The van der Waals surface area contributed by atoms with Crippen LogP contribution >= 0.6 is 0 Å². The standard InChI is InChI=1S/C22H27N3O6/c1-5-23-22(27)16(3)24(13-17-8-6-7-15(2)11-17)21(26)14-31-18-9-10-19(25(28)29)20(12-18)30-4/h6-12,16H,5,13-14H2,1-4H3,(H,23,27)/t16-/m1/s1. The van der Waals surface area contributed by atoms with Gasteiger partial charge in [0.1, 0.15) is 11.8 Å². The molecule has 0 saturated heterocycles. The molecule has 0 radical (unpaired) electrons. The van der Waals surface area contributed by atoms with Crippen molar-refractivity contribution in [3.63, 3.8) is 0 Å². The number of carbonyl (C=O) groups is 2. The number of carbonyl (C=O) groups excluding carboxylic acids is 2. The van der Waals surface area contributed by atoms with Crippen molar-refractivity contribution < 1.29 is 24.0 Å². The molecule has 0 unspecified atom stereocenters. The molecule has 2 amide bonds. The zero-order valence-corrected chi connectivity index (χ0v) is 18.1. The Bertz CT molecular complexity index is 947. The van der Waals surface area contributed by atoms with Gasteiger partial charge in [-0.05, 0) is 32.4 Å². The minimum absolute atomic E-state index is 0.0299. The third-order valence-electron chi connectivity index (χ3n) is 4.66. The zero-order chi connectivity index (χ0) is 23.0. The fraction of sp³-hybridized carbons (Fsp3) is 0.364. The van der Waals surface area contributed by atoms with Crippen LogP contribution in [0.2, 0.25) is 0 Å². The van der Waals surface area contributed by atoms with Gasteiger partial charge in [0.2, 0.25) is 11.7 Å². The van der Waals surface area contributed by atoms with Crippen molar-refractivity contribution in [1.29, 1.82) is 0 Å². The first-order valence-corrected chi connectivity index (χ1v) is 9.84. The highest BCUT2D eigenvalue weighted by molar-refractivity contribution is 5.87. The summed E-state index contributed by atoms with van der Waals surface area (Å²) < 4.78 is 10.6. The van der Waals surface area contributed by atoms with E-state index in [0.29, 0.717) is 6.54 Å². The summed E-state index contributed by atoms with van der Waals surface area (Å²) in [5.41, 5.74) is 1.73. The average Bonchev–Trinajstić information content (AvgIpc) is 2.75. The van der Waals surface area contributed by atoms with E-state index in [4.69, 9.17) is 9.47 Å². The largest absolute Gasteiger partial charge is 0.490 e. The Hall–Kier alpha value is -3.62. The fourth-order valence-electron chi connectivity index (χ4n) is 3.04. The number of amides is 2. The van der Waals surface area contributed by atoms with Crippen LogP contribution in [0.15, 0.2) is 42.5 Å². The van der Waals surface area contributed by atoms with Crippen LogP contribution in [0.25, 0.3) is 0 Å². The number of nitrogens with zero attached hydrogens (tertiary/aromatic N) is 2. The number of nitro benzene ring substituents is 1. The van der Waals surface area contributed by atoms with Crippen molar-refractivity contribution in [2.24, 2.45) is 0 Å². The Morgan fingerprint density at radius 1 is 1.23 bits per heavy atom. The lowest BCUT2D eigenvalue weighted by Crippen LogP contribution is -2.49. The third kappa shape index (κ3) is 6.43. The number of hydrogen-bond acceptors (Lipinski definition) is 6. The molecule has 0 heterocycles. The van der Waals surface area contributed by atoms with E-state index in [1.165, 1.54) is 30.2 Å². The molecule has 0 saturated carbocycles. The summed E-state index contributed by atoms with van der Waals surface area (Å²) >= 11 is 0. The normalized spacial score (nSPS) is 11.4. The number of nitrogens with one attached hydrogen (secondary N) is 1. The Morgan fingerprint density at radius 3 is 2.58 bits per heavy atom. The van der Waals surface area contributed by atoms with E-state index in [2.05, 4.69) is 5.32 Å². The van der Waals surface area contributed by atoms with Crippen molar-refractivity contribution in [2.75, 3.05) is 20.3 Å². The predicted octanol–water partition coefficient (Wildman–Crippen LogP) is 2.84. The Balaban J connectivity index is 2.18. The molecular weight excluding hydrogens is 402 g/mol. The smallest absolute Gasteiger partial charge is 0.311 e. The van der Waals surface area contributed by atoms with E-state index in [1.54, 1.807) is 6.92 Å². The number of hydrogen-bond donors (Lipinski definition) is 1. The molecule has 2 rings (SSSR count). The second-order valence-electron chi connectivity index (χ2n) is 6.96. The first kappa shape index (κ1) is 23.7. The molecule has 0 bridgehead atoms. The van der Waals surface area contributed by atoms with Gasteiger partial charge < -0.3 is 19.7 Å². The molecule has 9 heteroatoms. The summed E-state index contributed by atoms with van der Waals surface area (Å²) in [6, 6.07) is 11.0. The maximum atomic E-state index is 13.0. The second-order valence-corrected chi connectivity index (χ2v) is 6.96. The quantitative estimate of drug-likeness (QED) is 0.459. The van der Waals surface area contributed by atoms with Gasteiger partial charge >= 0.3 is 5.69 Å². The highest BCUT2D eigenvalue weighted by Gasteiger charge is 2.26. The van der Waals surface area contributed by atoms with E-state index in [9.17, 15) is 19.7 Å². The molecule has 0 aromatic heterocycles. The van der Waals surface area contributed by atoms with Crippen molar-refractivity contribution in [3.8, 4) is 11.5 Å². The lowest BCUT2D eigenvalue weighted by Gasteiger charge is -2.28. The van der Waals surface area contributed by atoms with Crippen LogP contribution in [0, 0.1) is 17.0 Å². The van der Waals surface area contributed by atoms with Gasteiger partial charge in [-0.2, -0.15) is 0 Å². The summed E-state index contributed by atoms with van der Waals surface area (Å²) in [6.45, 7) is 5.78. The van der Waals surface area contributed by atoms with E-state index in [0.717, 1.165) is 11.1 Å². The van der Waals surface area contributed by atoms with E-state index in [1.807, 2.05) is 38.1 Å². The minimum atomic E-state index is -0.706. The Morgan fingerprint density at radius 2 is 1.97 bits per heavy atom. The highest BCUT2D eigenvalue weighted by Crippen LogP contribution is 2.30. The van der Waals surface area contributed by atoms with Gasteiger partial charge in [0.15, 0.2) is 6.61 Å². The topological polar surface area (TPSA) is 111 Å². The summed E-state index contributed by atoms with van der Waals surface area (Å²) in [4.78, 5) is 37.3. The average molecular weight is 429 g/mol. The van der Waals surface area contributed by atoms with Crippen molar-refractivity contribution in [1.82, 2.24) is 10.2 Å². The number of rotatable bonds is 10. The highest BCUT2D eigenvalue weighted by atomic mass is 16.6. The molecule has 0 aliphatic rings. The van der Waals surface area contributed by atoms with Crippen LogP contribution < -0.4 is 14.8 Å². The number of benzene rings is 2. The maximum Gasteiger partial charge on any atom is 0.311 e. The molecule has 0 aliphatic heterocycles. The third-order valence-corrected chi connectivity index (χ3v) is 4.66. The molecule has 2 aromatic carbocycles. The SMILES string of the molecule is CCNC(=O)[C@@H](C)N(Cc1cccc(C)c1)C(=O)COc1ccc([N+](=O)[O-])c(OC)c1. The monoisotopic (exact) mass is 429 g/mol. The second kappa shape index (κ2) is 11.0. The van der Waals surface area contributed by atoms with Crippen LogP contribution in [-0.4, -0.2) is 47.9 Å². The molecular formula is C22H27N3O6. The van der Waals surface area contributed by atoms with Crippen LogP contribution in [0.5, 0.6) is 11.5 Å². The van der Waals surface area contributed by atoms with E-state index < -0.39 is 16.9 Å². The lowest BCUT2D eigenvalue weighted by molar-refractivity contribution is -0.385. The summed E-state index contributed by atoms with van der Waals surface area (Å²) in [7, 11) is 1.31. The molecule has 0 spiro atoms. The molecule has 1 atom stereocenters. The molecule has 31 heavy (non-hydrogen) atoms. The number of likely N-dealkylation sites (N-methyl/N-ethyl adjacent to an activating group) is 1. The molecule has 9 nitrogen and oxygen atoms in total. The van der Waals surface area contributed by atoms with Gasteiger partial charge in [0.05, 0.1) is 12.0 Å². The van der Waals surface area contributed by atoms with Crippen LogP contribution in [0.1, 0.15) is 25.0 Å². The number of methoxy groups -OCH3 is 1. The van der Waals surface area contributed by atoms with Crippen LogP contribution in [-0.2, 0) is 16.1 Å². The van der Waals surface area contributed by atoms with Crippen LogP contribution in [0.3, 0.4) is 0 Å². The Labute approximate surface area is 181 Å². The minimum Gasteiger partial charge on any atom is -0.490 e. The number of ether oxygens (including phenoxy) is 2. The first-order valence-electron chi connectivity index (χ1n) is 9.84. The molecule has 0 fully saturated rings. The zero-order valence-electron chi connectivity index (χ0n) is 18.1. The number of nitro groups is 1. The van der Waals surface area contributed by atoms with Crippen LogP contribution in [0.4, 0.5) is 5.69 Å². The maximum absolute atomic E-state index is 13.0. The molecule has 166 valence electrons. The van der Waals surface area contributed by atoms with Crippen molar-refractivity contribution in [3.05, 3.63) is 63.7 Å². The fourth-order valence-corrected chi connectivity index (χ4v) is 3.04. The molecule has 0 aliphatic carbocycles. The Kier molecular flexibility index (Phi) is 8.36. The summed E-state index contributed by atoms with van der Waals surface area (Å²) in [6.07, 6.45) is 0. The van der Waals surface area contributed by atoms with Crippen molar-refractivity contribution in [2.45, 2.75) is 33.4 Å². The summed E-state index contributed by atoms with van der Waals surface area (Å²) in [5.74, 6) is -0.377. The van der Waals surface area contributed by atoms with Gasteiger partial charge in [-0.3, -0.25) is 19.7 Å². The van der Waals surface area contributed by atoms with Gasteiger partial charge in [-0.1, -0.05) is 29.8 Å². The van der Waals surface area contributed by atoms with E-state index >= 15 is 0 Å². The molecule has 1 N–H and O–H groups in total.